The van der Waals surface area contributed by atoms with Crippen LogP contribution in [0.5, 0.6) is 0 Å². The highest BCUT2D eigenvalue weighted by atomic mass is 79.9. The number of hydrogen-bond acceptors (Lipinski definition) is 1. The molecule has 0 heterocycles. The lowest BCUT2D eigenvalue weighted by Gasteiger charge is -1.99. The second-order valence-electron chi connectivity index (χ2n) is 3.44. The second-order valence-corrected chi connectivity index (χ2v) is 4.79. The van der Waals surface area contributed by atoms with E-state index < -0.39 is 0 Å². The first-order valence-electron chi connectivity index (χ1n) is 4.45. The molecule has 0 radical (unpaired) electrons. The van der Waals surface area contributed by atoms with E-state index in [1.165, 1.54) is 0 Å². The zero-order valence-electron chi connectivity index (χ0n) is 7.50. The number of amidine groups is 1. The summed E-state index contributed by atoms with van der Waals surface area (Å²) in [5.74, 6) is 1.21. The molecule has 1 aromatic carbocycles. The lowest BCUT2D eigenvalue weighted by atomic mass is 10.3. The van der Waals surface area contributed by atoms with E-state index in [2.05, 4.69) is 20.9 Å². The highest BCUT2D eigenvalue weighted by molar-refractivity contribution is 9.10. The van der Waals surface area contributed by atoms with E-state index in [0.29, 0.717) is 10.9 Å². The number of nitrogens with zero attached hydrogens (tertiary/aromatic N) is 1. The maximum atomic E-state index is 5.89. The fourth-order valence-electron chi connectivity index (χ4n) is 1.22. The van der Waals surface area contributed by atoms with Gasteiger partial charge in [-0.15, -0.1) is 0 Å². The Hall–Kier alpha value is -0.540. The molecule has 0 unspecified atom stereocenters. The van der Waals surface area contributed by atoms with E-state index in [4.69, 9.17) is 17.3 Å². The second kappa shape index (κ2) is 3.91. The first kappa shape index (κ1) is 9.99. The van der Waals surface area contributed by atoms with Crippen molar-refractivity contribution in [2.45, 2.75) is 12.8 Å². The molecule has 2 N–H and O–H groups in total. The van der Waals surface area contributed by atoms with Crippen LogP contribution >= 0.6 is 27.5 Å². The fraction of sp³-hybridized carbons (Fsp3) is 0.300. The molecule has 1 aliphatic rings. The quantitative estimate of drug-likeness (QED) is 0.650. The van der Waals surface area contributed by atoms with Crippen molar-refractivity contribution in [1.82, 2.24) is 0 Å². The maximum Gasteiger partial charge on any atom is 0.103 e. The Morgan fingerprint density at radius 2 is 2.14 bits per heavy atom. The summed E-state index contributed by atoms with van der Waals surface area (Å²) in [6, 6.07) is 5.54. The van der Waals surface area contributed by atoms with Crippen LogP contribution < -0.4 is 5.73 Å². The Bertz CT molecular complexity index is 365. The van der Waals surface area contributed by atoms with Crippen molar-refractivity contribution in [1.29, 1.82) is 0 Å². The average molecular weight is 274 g/mol. The molecule has 1 fully saturated rings. The molecule has 1 saturated carbocycles. The summed E-state index contributed by atoms with van der Waals surface area (Å²) >= 11 is 9.25. The molecule has 0 spiro atoms. The Morgan fingerprint density at radius 3 is 2.71 bits per heavy atom. The summed E-state index contributed by atoms with van der Waals surface area (Å²) in [6.45, 7) is 0. The van der Waals surface area contributed by atoms with E-state index in [0.717, 1.165) is 28.8 Å². The molecule has 14 heavy (non-hydrogen) atoms. The summed E-state index contributed by atoms with van der Waals surface area (Å²) < 4.78 is 0.923. The van der Waals surface area contributed by atoms with Crippen LogP contribution in [0.2, 0.25) is 5.02 Å². The lowest BCUT2D eigenvalue weighted by molar-refractivity contribution is 1.15. The standard InChI is InChI=1S/C10H10BrClN2/c11-7-3-8(12)5-9(4-7)14-10(13)6-1-2-6/h3-6H,1-2H2,(H2,13,14). The van der Waals surface area contributed by atoms with E-state index in [1.807, 2.05) is 18.2 Å². The van der Waals surface area contributed by atoms with Crippen LogP contribution in [0.4, 0.5) is 5.69 Å². The zero-order chi connectivity index (χ0) is 10.1. The molecule has 1 aliphatic carbocycles. The van der Waals surface area contributed by atoms with Gasteiger partial charge in [0, 0.05) is 15.4 Å². The monoisotopic (exact) mass is 272 g/mol. The zero-order valence-corrected chi connectivity index (χ0v) is 9.85. The highest BCUT2D eigenvalue weighted by Crippen LogP contribution is 2.31. The topological polar surface area (TPSA) is 38.4 Å². The molecule has 2 rings (SSSR count). The number of rotatable bonds is 2. The maximum absolute atomic E-state index is 5.89. The molecule has 1 aromatic rings. The average Bonchev–Trinajstić information content (AvgIpc) is 2.82. The van der Waals surface area contributed by atoms with Crippen LogP contribution in [-0.2, 0) is 0 Å². The van der Waals surface area contributed by atoms with Gasteiger partial charge in [0.25, 0.3) is 0 Å². The van der Waals surface area contributed by atoms with Crippen molar-refractivity contribution >= 4 is 39.1 Å². The largest absolute Gasteiger partial charge is 0.387 e. The van der Waals surface area contributed by atoms with Gasteiger partial charge in [0.05, 0.1) is 5.69 Å². The van der Waals surface area contributed by atoms with Crippen LogP contribution in [0.15, 0.2) is 27.7 Å². The van der Waals surface area contributed by atoms with Crippen molar-refractivity contribution in [3.05, 3.63) is 27.7 Å². The van der Waals surface area contributed by atoms with Crippen LogP contribution in [0.1, 0.15) is 12.8 Å². The minimum atomic E-state index is 0.493. The van der Waals surface area contributed by atoms with Crippen LogP contribution in [-0.4, -0.2) is 5.84 Å². The third-order valence-corrected chi connectivity index (χ3v) is 2.78. The third kappa shape index (κ3) is 2.49. The molecule has 0 amide bonds. The SMILES string of the molecule is NC(=Nc1cc(Cl)cc(Br)c1)C1CC1. The summed E-state index contributed by atoms with van der Waals surface area (Å²) in [5.41, 5.74) is 6.62. The molecule has 4 heteroatoms. The Balaban J connectivity index is 2.27. The minimum absolute atomic E-state index is 0.493. The molecule has 74 valence electrons. The minimum Gasteiger partial charge on any atom is -0.387 e. The molecular weight excluding hydrogens is 263 g/mol. The first-order chi connectivity index (χ1) is 6.65. The van der Waals surface area contributed by atoms with Crippen molar-refractivity contribution in [2.75, 3.05) is 0 Å². The van der Waals surface area contributed by atoms with E-state index in [1.54, 1.807) is 0 Å². The van der Waals surface area contributed by atoms with Gasteiger partial charge < -0.3 is 5.73 Å². The molecule has 0 atom stereocenters. The van der Waals surface area contributed by atoms with E-state index in [-0.39, 0.29) is 0 Å². The normalized spacial score (nSPS) is 17.1. The van der Waals surface area contributed by atoms with Gasteiger partial charge in [-0.25, -0.2) is 4.99 Å². The van der Waals surface area contributed by atoms with Crippen LogP contribution in [0, 0.1) is 5.92 Å². The van der Waals surface area contributed by atoms with Gasteiger partial charge in [-0.3, -0.25) is 0 Å². The van der Waals surface area contributed by atoms with E-state index >= 15 is 0 Å². The molecule has 0 aromatic heterocycles. The number of nitrogens with two attached hydrogens (primary N) is 1. The molecular formula is C10H10BrClN2. The Morgan fingerprint density at radius 1 is 1.43 bits per heavy atom. The molecule has 0 saturated heterocycles. The Kier molecular flexibility index (Phi) is 2.79. The summed E-state index contributed by atoms with van der Waals surface area (Å²) in [7, 11) is 0. The highest BCUT2D eigenvalue weighted by Gasteiger charge is 2.25. The van der Waals surface area contributed by atoms with Gasteiger partial charge in [0.2, 0.25) is 0 Å². The smallest absolute Gasteiger partial charge is 0.103 e. The summed E-state index contributed by atoms with van der Waals surface area (Å²) in [5, 5.41) is 0.668. The van der Waals surface area contributed by atoms with Gasteiger partial charge in [0.1, 0.15) is 5.84 Å². The third-order valence-electron chi connectivity index (χ3n) is 2.10. The van der Waals surface area contributed by atoms with Crippen molar-refractivity contribution < 1.29 is 0 Å². The number of halogens is 2. The van der Waals surface area contributed by atoms with Crippen LogP contribution in [0.25, 0.3) is 0 Å². The number of hydrogen-bond donors (Lipinski definition) is 1. The van der Waals surface area contributed by atoms with Crippen molar-refractivity contribution in [2.24, 2.45) is 16.6 Å². The van der Waals surface area contributed by atoms with Crippen LogP contribution in [0.3, 0.4) is 0 Å². The molecule has 0 aliphatic heterocycles. The van der Waals surface area contributed by atoms with Gasteiger partial charge in [-0.05, 0) is 31.0 Å². The summed E-state index contributed by atoms with van der Waals surface area (Å²) in [6.07, 6.45) is 2.33. The first-order valence-corrected chi connectivity index (χ1v) is 5.62. The lowest BCUT2D eigenvalue weighted by Crippen LogP contribution is -2.12. The van der Waals surface area contributed by atoms with Crippen molar-refractivity contribution in [3.63, 3.8) is 0 Å². The predicted octanol–water partition coefficient (Wildman–Crippen LogP) is 3.50. The van der Waals surface area contributed by atoms with Gasteiger partial charge >= 0.3 is 0 Å². The van der Waals surface area contributed by atoms with E-state index in [9.17, 15) is 0 Å². The van der Waals surface area contributed by atoms with Crippen molar-refractivity contribution in [3.8, 4) is 0 Å². The predicted molar refractivity (Wildman–Crippen MR) is 63.2 cm³/mol. The number of benzene rings is 1. The fourth-order valence-corrected chi connectivity index (χ4v) is 2.07. The molecule has 0 bridgehead atoms. The van der Waals surface area contributed by atoms with Gasteiger partial charge in [-0.2, -0.15) is 0 Å². The Labute approximate surface area is 96.3 Å². The number of aliphatic imine (C=N–C) groups is 1. The summed E-state index contributed by atoms with van der Waals surface area (Å²) in [4.78, 5) is 4.32. The molecule has 2 nitrogen and oxygen atoms in total. The van der Waals surface area contributed by atoms with Gasteiger partial charge in [0.15, 0.2) is 0 Å². The van der Waals surface area contributed by atoms with Gasteiger partial charge in [-0.1, -0.05) is 27.5 Å².